The summed E-state index contributed by atoms with van der Waals surface area (Å²) in [6, 6.07) is 11.6. The van der Waals surface area contributed by atoms with E-state index < -0.39 is 23.9 Å². The lowest BCUT2D eigenvalue weighted by Gasteiger charge is -2.30. The molecule has 282 valence electrons. The molecular weight excluding hydrogens is 728 g/mol. The lowest BCUT2D eigenvalue weighted by Crippen LogP contribution is -2.39. The minimum atomic E-state index is -1.17. The van der Waals surface area contributed by atoms with Crippen LogP contribution in [0.15, 0.2) is 42.5 Å². The molecule has 0 fully saturated rings. The molecule has 1 aliphatic carbocycles. The van der Waals surface area contributed by atoms with E-state index in [9.17, 15) is 24.9 Å². The van der Waals surface area contributed by atoms with Crippen LogP contribution in [0.5, 0.6) is 11.5 Å². The number of carbonyl (C=O) groups is 2. The van der Waals surface area contributed by atoms with Gasteiger partial charge in [-0.3, -0.25) is 19.8 Å². The minimum Gasteiger partial charge on any atom is -0.496 e. The molecule has 53 heavy (non-hydrogen) atoms. The normalized spacial score (nSPS) is 16.5. The third-order valence-electron chi connectivity index (χ3n) is 10.1. The lowest BCUT2D eigenvalue weighted by atomic mass is 9.96. The van der Waals surface area contributed by atoms with Crippen LogP contribution < -0.4 is 20.1 Å². The van der Waals surface area contributed by atoms with Crippen molar-refractivity contribution in [2.24, 2.45) is 7.05 Å². The molecular formula is C38H42Cl2FN5O7. The summed E-state index contributed by atoms with van der Waals surface area (Å²) < 4.78 is 29.2. The molecule has 2 heterocycles. The predicted molar refractivity (Wildman–Crippen MR) is 198 cm³/mol. The molecule has 0 saturated heterocycles. The number of hydrogen-bond donors (Lipinski definition) is 5. The fourth-order valence-electron chi connectivity index (χ4n) is 7.12. The van der Waals surface area contributed by atoms with Gasteiger partial charge in [-0.25, -0.2) is 9.37 Å². The maximum Gasteiger partial charge on any atom is 0.320 e. The number of aliphatic hydroxyl groups excluding tert-OH is 2. The number of anilines is 1. The average molecular weight is 771 g/mol. The van der Waals surface area contributed by atoms with Gasteiger partial charge < -0.3 is 34.7 Å². The average Bonchev–Trinajstić information content (AvgIpc) is 3.72. The molecule has 12 nitrogen and oxygen atoms in total. The van der Waals surface area contributed by atoms with Gasteiger partial charge in [-0.05, 0) is 48.9 Å². The number of rotatable bonds is 14. The highest BCUT2D eigenvalue weighted by molar-refractivity contribution is 6.36. The van der Waals surface area contributed by atoms with Crippen molar-refractivity contribution in [3.05, 3.63) is 92.2 Å². The fraction of sp³-hybridized carbons (Fsp3) is 0.395. The first-order chi connectivity index (χ1) is 25.5. The molecule has 5 N–H and O–H groups in total. The number of carboxylic acid groups (broad SMARTS) is 1. The number of nitrogens with one attached hydrogen (secondary N) is 2. The van der Waals surface area contributed by atoms with Crippen LogP contribution in [0.1, 0.15) is 64.6 Å². The smallest absolute Gasteiger partial charge is 0.320 e. The van der Waals surface area contributed by atoms with E-state index >= 15 is 4.39 Å². The Morgan fingerprint density at radius 3 is 2.57 bits per heavy atom. The molecule has 1 aliphatic heterocycles. The van der Waals surface area contributed by atoms with Crippen LogP contribution in [0.3, 0.4) is 0 Å². The summed E-state index contributed by atoms with van der Waals surface area (Å²) in [5.41, 5.74) is 5.74. The Bertz CT molecular complexity index is 2030. The third kappa shape index (κ3) is 7.73. The van der Waals surface area contributed by atoms with Gasteiger partial charge in [-0.2, -0.15) is 0 Å². The van der Waals surface area contributed by atoms with Crippen molar-refractivity contribution < 1.29 is 38.8 Å². The summed E-state index contributed by atoms with van der Waals surface area (Å²) in [5, 5.41) is 34.0. The Hall–Kier alpha value is -4.24. The molecule has 15 heteroatoms. The number of imidazole rings is 1. The number of aliphatic carboxylic acids is 1. The van der Waals surface area contributed by atoms with E-state index in [4.69, 9.17) is 32.7 Å². The summed E-state index contributed by atoms with van der Waals surface area (Å²) in [6.45, 7) is 2.77. The number of aliphatic hydroxyl groups is 2. The maximum absolute atomic E-state index is 15.6. The number of nitrogens with zero attached hydrogens (tertiary/aromatic N) is 3. The molecule has 1 amide bonds. The summed E-state index contributed by atoms with van der Waals surface area (Å²) in [5.74, 6) is -1.88. The molecule has 0 spiro atoms. The molecule has 0 radical (unpaired) electrons. The SMILES string of the molecule is COc1cc(OC2CCc3c(-c4cccc(NC(=O)c5nc6c(n5C)CCN(C(C)CO)C6)c4Cl)cccc32)c(Cl)c(F)c1CNC(CCO)C(=O)O. The van der Waals surface area contributed by atoms with Crippen LogP contribution in [-0.4, -0.2) is 80.6 Å². The molecule has 3 unspecified atom stereocenters. The Labute approximate surface area is 316 Å². The molecule has 0 bridgehead atoms. The number of fused-ring (bicyclic) bond motifs is 2. The zero-order valence-electron chi connectivity index (χ0n) is 29.6. The zero-order chi connectivity index (χ0) is 38.0. The van der Waals surface area contributed by atoms with Crippen molar-refractivity contribution >= 4 is 40.8 Å². The second-order valence-corrected chi connectivity index (χ2v) is 14.0. The first kappa shape index (κ1) is 38.5. The van der Waals surface area contributed by atoms with Crippen LogP contribution in [0.2, 0.25) is 10.0 Å². The predicted octanol–water partition coefficient (Wildman–Crippen LogP) is 5.52. The van der Waals surface area contributed by atoms with Crippen LogP contribution in [0, 0.1) is 5.82 Å². The molecule has 4 aromatic rings. The molecule has 0 saturated carbocycles. The number of carboxylic acids is 1. The number of methoxy groups -OCH3 is 1. The van der Waals surface area contributed by atoms with E-state index in [2.05, 4.69) is 20.5 Å². The first-order valence-electron chi connectivity index (χ1n) is 17.4. The lowest BCUT2D eigenvalue weighted by molar-refractivity contribution is -0.140. The topological polar surface area (TPSA) is 158 Å². The number of ether oxygens (including phenoxy) is 2. The van der Waals surface area contributed by atoms with Crippen LogP contribution in [0.4, 0.5) is 10.1 Å². The molecule has 3 atom stereocenters. The molecule has 3 aromatic carbocycles. The highest BCUT2D eigenvalue weighted by Crippen LogP contribution is 2.45. The van der Waals surface area contributed by atoms with Crippen molar-refractivity contribution in [2.45, 2.75) is 63.9 Å². The van der Waals surface area contributed by atoms with E-state index in [1.165, 1.54) is 13.2 Å². The largest absolute Gasteiger partial charge is 0.496 e. The number of carbonyl (C=O) groups excluding carboxylic acids is 1. The summed E-state index contributed by atoms with van der Waals surface area (Å²) in [7, 11) is 3.20. The van der Waals surface area contributed by atoms with Crippen molar-refractivity contribution in [3.63, 3.8) is 0 Å². The van der Waals surface area contributed by atoms with E-state index in [-0.39, 0.29) is 66.0 Å². The van der Waals surface area contributed by atoms with E-state index in [0.29, 0.717) is 30.1 Å². The molecule has 6 rings (SSSR count). The van der Waals surface area contributed by atoms with Crippen LogP contribution >= 0.6 is 23.2 Å². The van der Waals surface area contributed by atoms with Gasteiger partial charge in [0.2, 0.25) is 0 Å². The van der Waals surface area contributed by atoms with Crippen molar-refractivity contribution in [3.8, 4) is 22.6 Å². The van der Waals surface area contributed by atoms with Crippen molar-refractivity contribution in [2.75, 3.05) is 32.2 Å². The Balaban J connectivity index is 1.21. The number of benzene rings is 3. The Morgan fingerprint density at radius 1 is 1.09 bits per heavy atom. The van der Waals surface area contributed by atoms with Gasteiger partial charge in [-0.1, -0.05) is 53.5 Å². The quantitative estimate of drug-likeness (QED) is 0.111. The highest BCUT2D eigenvalue weighted by atomic mass is 35.5. The van der Waals surface area contributed by atoms with Gasteiger partial charge in [0.15, 0.2) is 11.6 Å². The summed E-state index contributed by atoms with van der Waals surface area (Å²) >= 11 is 13.5. The summed E-state index contributed by atoms with van der Waals surface area (Å²) in [4.78, 5) is 31.9. The number of amides is 1. The second-order valence-electron chi connectivity index (χ2n) is 13.2. The molecule has 2 aliphatic rings. The zero-order valence-corrected chi connectivity index (χ0v) is 31.1. The fourth-order valence-corrected chi connectivity index (χ4v) is 7.61. The van der Waals surface area contributed by atoms with E-state index in [1.54, 1.807) is 6.07 Å². The van der Waals surface area contributed by atoms with Gasteiger partial charge in [0, 0.05) is 68.6 Å². The number of aromatic nitrogens is 2. The van der Waals surface area contributed by atoms with Crippen LogP contribution in [-0.2, 0) is 37.8 Å². The Kier molecular flexibility index (Phi) is 11.9. The van der Waals surface area contributed by atoms with Gasteiger partial charge in [0.05, 0.1) is 30.1 Å². The van der Waals surface area contributed by atoms with Crippen LogP contribution in [0.25, 0.3) is 11.1 Å². The second kappa shape index (κ2) is 16.4. The van der Waals surface area contributed by atoms with Crippen molar-refractivity contribution in [1.82, 2.24) is 19.8 Å². The standard InChI is InChI=1S/C38H42Cl2FN5O7/c1-20(19-48)46-14-12-29-28(18-46)43-36(45(29)2)37(49)44-26-9-5-8-24(33(26)39)21-6-4-7-23-22(21)10-11-30(23)53-32-16-31(52-3)25(35(41)34(32)40)17-42-27(13-15-47)38(50)51/h4-9,16,20,27,30,42,47-48H,10-15,17-19H2,1-3H3,(H,44,49)(H,50,51). The maximum atomic E-state index is 15.6. The van der Waals surface area contributed by atoms with Gasteiger partial charge >= 0.3 is 5.97 Å². The van der Waals surface area contributed by atoms with E-state index in [0.717, 1.165) is 46.6 Å². The monoisotopic (exact) mass is 769 g/mol. The molecule has 1 aromatic heterocycles. The number of hydrogen-bond acceptors (Lipinski definition) is 9. The van der Waals surface area contributed by atoms with Crippen molar-refractivity contribution in [1.29, 1.82) is 0 Å². The number of halogens is 3. The minimum absolute atomic E-state index is 0.00532. The summed E-state index contributed by atoms with van der Waals surface area (Å²) in [6.07, 6.45) is 1.40. The van der Waals surface area contributed by atoms with Gasteiger partial charge in [0.1, 0.15) is 28.7 Å². The highest BCUT2D eigenvalue weighted by Gasteiger charge is 2.31. The van der Waals surface area contributed by atoms with Gasteiger partial charge in [-0.15, -0.1) is 0 Å². The Morgan fingerprint density at radius 2 is 1.85 bits per heavy atom. The van der Waals surface area contributed by atoms with Gasteiger partial charge in [0.25, 0.3) is 5.91 Å². The third-order valence-corrected chi connectivity index (χ3v) is 10.9. The van der Waals surface area contributed by atoms with E-state index in [1.807, 2.05) is 48.9 Å². The first-order valence-corrected chi connectivity index (χ1v) is 18.1.